The van der Waals surface area contributed by atoms with Gasteiger partial charge in [0.05, 0.1) is 56.0 Å². The molecule has 3 N–H and O–H groups in total. The number of benzene rings is 2. The highest BCUT2D eigenvalue weighted by molar-refractivity contribution is 7.89. The molecule has 0 bridgehead atoms. The smallest absolute Gasteiger partial charge is 0.243 e. The average molecular weight is 536 g/mol. The Labute approximate surface area is 215 Å². The van der Waals surface area contributed by atoms with Gasteiger partial charge in [-0.05, 0) is 54.2 Å². The number of ether oxygens (including phenoxy) is 3. The first-order valence-corrected chi connectivity index (χ1v) is 13.2. The average Bonchev–Trinajstić information content (AvgIpc) is 2.90. The van der Waals surface area contributed by atoms with Crippen molar-refractivity contribution in [2.75, 3.05) is 69.9 Å². The van der Waals surface area contributed by atoms with Crippen molar-refractivity contribution in [2.24, 2.45) is 5.10 Å². The van der Waals surface area contributed by atoms with Crippen LogP contribution >= 0.6 is 12.2 Å². The molecule has 0 saturated carbocycles. The van der Waals surface area contributed by atoms with Crippen molar-refractivity contribution in [3.63, 3.8) is 0 Å². The van der Waals surface area contributed by atoms with Gasteiger partial charge >= 0.3 is 0 Å². The number of rotatable bonds is 7. The predicted octanol–water partition coefficient (Wildman–Crippen LogP) is 1.58. The number of sulfonamides is 1. The van der Waals surface area contributed by atoms with Gasteiger partial charge in [-0.3, -0.25) is 5.43 Å². The Morgan fingerprint density at radius 1 is 1.08 bits per heavy atom. The quantitative estimate of drug-likeness (QED) is 0.273. The first-order chi connectivity index (χ1) is 17.4. The molecule has 0 aromatic heterocycles. The number of phenolic OH excluding ortho intramolecular Hbond substituents is 1. The summed E-state index contributed by atoms with van der Waals surface area (Å²) in [6.45, 7) is 3.86. The molecule has 0 radical (unpaired) electrons. The lowest BCUT2D eigenvalue weighted by molar-refractivity contribution is 0.0730. The van der Waals surface area contributed by atoms with Crippen LogP contribution in [-0.4, -0.2) is 88.9 Å². The van der Waals surface area contributed by atoms with Crippen molar-refractivity contribution in [1.29, 1.82) is 0 Å². The first kappa shape index (κ1) is 26.1. The maximum Gasteiger partial charge on any atom is 0.243 e. The number of hydrazone groups is 1. The summed E-state index contributed by atoms with van der Waals surface area (Å²) in [5.41, 5.74) is 4.73. The number of thiocarbonyl (C=S) groups is 1. The molecule has 0 aliphatic carbocycles. The molecule has 2 aromatic carbocycles. The summed E-state index contributed by atoms with van der Waals surface area (Å²) in [6, 6.07) is 9.86. The third-order valence-corrected chi connectivity index (χ3v) is 7.85. The molecule has 2 heterocycles. The SMILES string of the molecule is COc1ccc(C=NNC(=S)Nc2cc(S(=O)(=O)N3CCOCC3)ccc2N2CCOCC2)cc1O. The minimum Gasteiger partial charge on any atom is -0.504 e. The lowest BCUT2D eigenvalue weighted by atomic mass is 10.2. The maximum absolute atomic E-state index is 13.2. The van der Waals surface area contributed by atoms with Gasteiger partial charge in [-0.15, -0.1) is 0 Å². The van der Waals surface area contributed by atoms with E-state index in [0.29, 0.717) is 69.6 Å². The summed E-state index contributed by atoms with van der Waals surface area (Å²) in [4.78, 5) is 2.28. The fourth-order valence-electron chi connectivity index (χ4n) is 3.89. The van der Waals surface area contributed by atoms with E-state index in [4.69, 9.17) is 26.4 Å². The van der Waals surface area contributed by atoms with E-state index in [1.54, 1.807) is 30.3 Å². The largest absolute Gasteiger partial charge is 0.504 e. The van der Waals surface area contributed by atoms with Crippen LogP contribution in [0.5, 0.6) is 11.5 Å². The van der Waals surface area contributed by atoms with Crippen molar-refractivity contribution in [2.45, 2.75) is 4.90 Å². The van der Waals surface area contributed by atoms with Gasteiger partial charge in [0.25, 0.3) is 0 Å². The fourth-order valence-corrected chi connectivity index (χ4v) is 5.49. The summed E-state index contributed by atoms with van der Waals surface area (Å²) >= 11 is 5.41. The Balaban J connectivity index is 1.53. The van der Waals surface area contributed by atoms with Gasteiger partial charge in [0.1, 0.15) is 0 Å². The number of phenols is 1. The van der Waals surface area contributed by atoms with Crippen LogP contribution < -0.4 is 20.4 Å². The number of nitrogens with one attached hydrogen (secondary N) is 2. The number of anilines is 2. The molecule has 0 amide bonds. The van der Waals surface area contributed by atoms with Gasteiger partial charge in [-0.1, -0.05) is 0 Å². The number of hydrogen-bond donors (Lipinski definition) is 3. The molecule has 11 nitrogen and oxygen atoms in total. The maximum atomic E-state index is 13.2. The van der Waals surface area contributed by atoms with Gasteiger partial charge in [0.2, 0.25) is 10.0 Å². The predicted molar refractivity (Wildman–Crippen MR) is 141 cm³/mol. The summed E-state index contributed by atoms with van der Waals surface area (Å²) in [5, 5.41) is 17.3. The molecule has 2 fully saturated rings. The number of nitrogens with zero attached hydrogens (tertiary/aromatic N) is 3. The van der Waals surface area contributed by atoms with E-state index in [9.17, 15) is 13.5 Å². The zero-order chi connectivity index (χ0) is 25.5. The zero-order valence-electron chi connectivity index (χ0n) is 19.8. The Morgan fingerprint density at radius 2 is 1.78 bits per heavy atom. The second-order valence-electron chi connectivity index (χ2n) is 8.05. The van der Waals surface area contributed by atoms with E-state index in [1.807, 2.05) is 0 Å². The summed E-state index contributed by atoms with van der Waals surface area (Å²) in [6.07, 6.45) is 1.50. The van der Waals surface area contributed by atoms with Gasteiger partial charge in [0, 0.05) is 26.2 Å². The van der Waals surface area contributed by atoms with Crippen molar-refractivity contribution in [1.82, 2.24) is 9.73 Å². The molecule has 2 aliphatic heterocycles. The molecule has 0 atom stereocenters. The number of methoxy groups -OCH3 is 1. The zero-order valence-corrected chi connectivity index (χ0v) is 21.5. The Hall–Kier alpha value is -2.97. The lowest BCUT2D eigenvalue weighted by Gasteiger charge is -2.31. The van der Waals surface area contributed by atoms with E-state index < -0.39 is 10.0 Å². The second-order valence-corrected chi connectivity index (χ2v) is 10.4. The Bertz CT molecular complexity index is 1210. The third-order valence-electron chi connectivity index (χ3n) is 5.76. The number of hydrogen-bond acceptors (Lipinski definition) is 9. The number of morpholine rings is 2. The van der Waals surface area contributed by atoms with Crippen LogP contribution in [0.25, 0.3) is 0 Å². The molecule has 4 rings (SSSR count). The highest BCUT2D eigenvalue weighted by Crippen LogP contribution is 2.31. The molecular formula is C23H29N5O6S2. The summed E-state index contributed by atoms with van der Waals surface area (Å²) in [7, 11) is -2.21. The van der Waals surface area contributed by atoms with E-state index in [2.05, 4.69) is 20.7 Å². The van der Waals surface area contributed by atoms with Gasteiger partial charge in [-0.25, -0.2) is 8.42 Å². The Kier molecular flexibility index (Phi) is 8.59. The molecule has 2 aromatic rings. The van der Waals surface area contributed by atoms with Gasteiger partial charge < -0.3 is 29.5 Å². The van der Waals surface area contributed by atoms with Crippen molar-refractivity contribution in [3.8, 4) is 11.5 Å². The fraction of sp³-hybridized carbons (Fsp3) is 0.391. The van der Waals surface area contributed by atoms with Crippen LogP contribution in [0.1, 0.15) is 5.56 Å². The van der Waals surface area contributed by atoms with E-state index in [0.717, 1.165) is 5.69 Å². The van der Waals surface area contributed by atoms with Gasteiger partial charge in [0.15, 0.2) is 16.6 Å². The van der Waals surface area contributed by atoms with Crippen LogP contribution in [0.4, 0.5) is 11.4 Å². The molecule has 36 heavy (non-hydrogen) atoms. The standard InChI is InChI=1S/C23H29N5O6S2/c1-32-22-5-2-17(14-21(22)29)16-24-26-23(35)25-19-15-18(36(30,31)28-8-12-34-13-9-28)3-4-20(19)27-6-10-33-11-7-27/h2-5,14-16,29H,6-13H2,1H3,(H2,25,26,35). The molecule has 2 saturated heterocycles. The molecule has 0 spiro atoms. The molecule has 194 valence electrons. The molecule has 13 heteroatoms. The van der Waals surface area contributed by atoms with Crippen LogP contribution in [0.2, 0.25) is 0 Å². The number of aromatic hydroxyl groups is 1. The molecular weight excluding hydrogens is 506 g/mol. The van der Waals surface area contributed by atoms with E-state index >= 15 is 0 Å². The monoisotopic (exact) mass is 535 g/mol. The van der Waals surface area contributed by atoms with Crippen molar-refractivity contribution >= 4 is 44.9 Å². The first-order valence-electron chi connectivity index (χ1n) is 11.4. The van der Waals surface area contributed by atoms with Crippen molar-refractivity contribution < 1.29 is 27.7 Å². The highest BCUT2D eigenvalue weighted by Gasteiger charge is 2.28. The molecule has 2 aliphatic rings. The normalized spacial score (nSPS) is 17.2. The van der Waals surface area contributed by atoms with Crippen LogP contribution in [0, 0.1) is 0 Å². The minimum absolute atomic E-state index is 0.00408. The Morgan fingerprint density at radius 3 is 2.44 bits per heavy atom. The van der Waals surface area contributed by atoms with E-state index in [-0.39, 0.29) is 15.8 Å². The second kappa shape index (κ2) is 11.8. The summed E-state index contributed by atoms with van der Waals surface area (Å²) < 4.78 is 43.7. The van der Waals surface area contributed by atoms with E-state index in [1.165, 1.54) is 23.7 Å². The lowest BCUT2D eigenvalue weighted by Crippen LogP contribution is -2.40. The van der Waals surface area contributed by atoms with Crippen molar-refractivity contribution in [3.05, 3.63) is 42.0 Å². The highest BCUT2D eigenvalue weighted by atomic mass is 32.2. The van der Waals surface area contributed by atoms with Crippen LogP contribution in [0.15, 0.2) is 46.4 Å². The topological polar surface area (TPSA) is 125 Å². The van der Waals surface area contributed by atoms with Gasteiger partial charge in [-0.2, -0.15) is 9.41 Å². The summed E-state index contributed by atoms with van der Waals surface area (Å²) in [5.74, 6) is 0.357. The van der Waals surface area contributed by atoms with Crippen LogP contribution in [-0.2, 0) is 19.5 Å². The third kappa shape index (κ3) is 6.23. The minimum atomic E-state index is -3.69. The molecule has 0 unspecified atom stereocenters. The van der Waals surface area contributed by atoms with Crippen LogP contribution in [0.3, 0.4) is 0 Å².